The Kier molecular flexibility index (Phi) is 9.53. The minimum absolute atomic E-state index is 0.0205. The molecule has 2 aliphatic rings. The smallest absolute Gasteiger partial charge is 0.329 e. The van der Waals surface area contributed by atoms with Crippen molar-refractivity contribution in [2.45, 2.75) is 65.1 Å². The van der Waals surface area contributed by atoms with Gasteiger partial charge in [-0.2, -0.15) is 0 Å². The van der Waals surface area contributed by atoms with Crippen molar-refractivity contribution in [1.82, 2.24) is 0 Å². The van der Waals surface area contributed by atoms with Crippen LogP contribution in [-0.4, -0.2) is 46.7 Å². The number of fused-ring (bicyclic) bond motifs is 1. The molecule has 0 aromatic heterocycles. The molecule has 2 aliphatic carbocycles. The van der Waals surface area contributed by atoms with E-state index >= 15 is 0 Å². The zero-order valence-electron chi connectivity index (χ0n) is 18.6. The quantitative estimate of drug-likeness (QED) is 0.412. The van der Waals surface area contributed by atoms with Crippen molar-refractivity contribution >= 4 is 5.97 Å². The van der Waals surface area contributed by atoms with Gasteiger partial charge >= 0.3 is 5.97 Å². The van der Waals surface area contributed by atoms with E-state index in [0.717, 1.165) is 36.8 Å². The predicted octanol–water partition coefficient (Wildman–Crippen LogP) is 4.28. The van der Waals surface area contributed by atoms with Crippen molar-refractivity contribution in [3.05, 3.63) is 47.6 Å². The van der Waals surface area contributed by atoms with Crippen LogP contribution in [0.5, 0.6) is 0 Å². The Morgan fingerprint density at radius 2 is 2.10 bits per heavy atom. The molecule has 5 nitrogen and oxygen atoms in total. The third kappa shape index (κ3) is 7.53. The standard InChI is InChI=1S/C25H38O5/c1-16(2)6-5-7-17(3)10-21(26)8-9-22-23-12-19(11-20(23)13-24(22)27)18(4)14-30-15-25(28)29/h6,8-9,11,17,20-24,26-27H,4-5,7,10,12-15H2,1-3H3,(H,28,29)/b9-8+/t17?,20-,21+,22+,23-,24+/m0/s1. The average Bonchev–Trinajstić information content (AvgIpc) is 3.16. The molecule has 0 saturated heterocycles. The average molecular weight is 419 g/mol. The first kappa shape index (κ1) is 24.6. The van der Waals surface area contributed by atoms with Gasteiger partial charge < -0.3 is 20.1 Å². The summed E-state index contributed by atoms with van der Waals surface area (Å²) in [5.74, 6) is 0.0616. The maximum Gasteiger partial charge on any atom is 0.329 e. The van der Waals surface area contributed by atoms with E-state index in [2.05, 4.69) is 39.5 Å². The lowest BCUT2D eigenvalue weighted by atomic mass is 9.88. The van der Waals surface area contributed by atoms with Crippen molar-refractivity contribution in [3.63, 3.8) is 0 Å². The van der Waals surface area contributed by atoms with Crippen molar-refractivity contribution in [2.24, 2.45) is 23.7 Å². The van der Waals surface area contributed by atoms with Gasteiger partial charge in [0, 0.05) is 5.92 Å². The van der Waals surface area contributed by atoms with Crippen molar-refractivity contribution in [1.29, 1.82) is 0 Å². The van der Waals surface area contributed by atoms with E-state index < -0.39 is 18.2 Å². The lowest BCUT2D eigenvalue weighted by Crippen LogP contribution is -2.18. The van der Waals surface area contributed by atoms with E-state index in [4.69, 9.17) is 9.84 Å². The van der Waals surface area contributed by atoms with Crippen LogP contribution in [0.15, 0.2) is 47.6 Å². The number of hydrogen-bond acceptors (Lipinski definition) is 4. The molecule has 1 unspecified atom stereocenters. The highest BCUT2D eigenvalue weighted by Crippen LogP contribution is 2.48. The minimum atomic E-state index is -0.988. The molecule has 0 radical (unpaired) electrons. The van der Waals surface area contributed by atoms with E-state index in [-0.39, 0.29) is 19.1 Å². The topological polar surface area (TPSA) is 87.0 Å². The van der Waals surface area contributed by atoms with Gasteiger partial charge in [0.2, 0.25) is 0 Å². The molecule has 0 aromatic carbocycles. The molecule has 0 amide bonds. The van der Waals surface area contributed by atoms with Gasteiger partial charge in [-0.15, -0.1) is 0 Å². The number of rotatable bonds is 12. The summed E-state index contributed by atoms with van der Waals surface area (Å²) in [7, 11) is 0. The number of carboxylic acid groups (broad SMARTS) is 1. The summed E-state index contributed by atoms with van der Waals surface area (Å²) in [6.45, 7) is 10.3. The van der Waals surface area contributed by atoms with Crippen LogP contribution in [0.1, 0.15) is 52.9 Å². The number of carboxylic acids is 1. The normalized spacial score (nSPS) is 27.6. The largest absolute Gasteiger partial charge is 0.480 e. The SMILES string of the molecule is C=C(COCC(=O)O)C1=C[C@H]2C[C@@H](O)[C@H](/C=C/[C@@H](O)CC(C)CCC=C(C)C)[C@H]2C1. The van der Waals surface area contributed by atoms with Gasteiger partial charge in [-0.1, -0.05) is 43.4 Å². The van der Waals surface area contributed by atoms with Crippen LogP contribution in [-0.2, 0) is 9.53 Å². The van der Waals surface area contributed by atoms with Gasteiger partial charge in [-0.25, -0.2) is 4.79 Å². The maximum atomic E-state index is 10.6. The molecule has 1 saturated carbocycles. The summed E-state index contributed by atoms with van der Waals surface area (Å²) in [4.78, 5) is 10.6. The molecule has 0 aliphatic heterocycles. The molecule has 0 heterocycles. The Bertz CT molecular complexity index is 686. The van der Waals surface area contributed by atoms with Crippen molar-refractivity contribution in [2.75, 3.05) is 13.2 Å². The van der Waals surface area contributed by atoms with Crippen LogP contribution in [0.25, 0.3) is 0 Å². The number of hydrogen-bond donors (Lipinski definition) is 3. The lowest BCUT2D eigenvalue weighted by molar-refractivity contribution is -0.141. The van der Waals surface area contributed by atoms with E-state index in [1.165, 1.54) is 5.57 Å². The van der Waals surface area contributed by atoms with Gasteiger partial charge in [-0.05, 0) is 74.9 Å². The molecule has 168 valence electrons. The minimum Gasteiger partial charge on any atom is -0.480 e. The van der Waals surface area contributed by atoms with E-state index in [0.29, 0.717) is 24.2 Å². The number of carbonyl (C=O) groups is 1. The fraction of sp³-hybridized carbons (Fsp3) is 0.640. The Balaban J connectivity index is 1.84. The van der Waals surface area contributed by atoms with E-state index in [1.54, 1.807) is 0 Å². The zero-order valence-corrected chi connectivity index (χ0v) is 18.6. The molecule has 1 fully saturated rings. The molecule has 6 atom stereocenters. The molecule has 0 spiro atoms. The van der Waals surface area contributed by atoms with Crippen LogP contribution in [0.4, 0.5) is 0 Å². The van der Waals surface area contributed by atoms with Crippen LogP contribution in [0.2, 0.25) is 0 Å². The second-order valence-corrected chi connectivity index (χ2v) is 9.25. The molecule has 5 heteroatoms. The molecular weight excluding hydrogens is 380 g/mol. The number of aliphatic hydroxyl groups is 2. The predicted molar refractivity (Wildman–Crippen MR) is 119 cm³/mol. The number of aliphatic carboxylic acids is 1. The maximum absolute atomic E-state index is 10.6. The zero-order chi connectivity index (χ0) is 22.3. The van der Waals surface area contributed by atoms with Gasteiger partial charge in [0.1, 0.15) is 6.61 Å². The van der Waals surface area contributed by atoms with Crippen LogP contribution >= 0.6 is 0 Å². The van der Waals surface area contributed by atoms with Gasteiger partial charge in [-0.3, -0.25) is 0 Å². The monoisotopic (exact) mass is 418 g/mol. The van der Waals surface area contributed by atoms with Crippen molar-refractivity contribution < 1.29 is 24.9 Å². The third-order valence-electron chi connectivity index (χ3n) is 6.24. The van der Waals surface area contributed by atoms with Crippen LogP contribution in [0.3, 0.4) is 0 Å². The number of aliphatic hydroxyl groups excluding tert-OH is 2. The second-order valence-electron chi connectivity index (χ2n) is 9.25. The lowest BCUT2D eigenvalue weighted by Gasteiger charge is -2.20. The summed E-state index contributed by atoms with van der Waals surface area (Å²) in [6, 6.07) is 0. The molecule has 3 N–H and O–H groups in total. The number of allylic oxidation sites excluding steroid dienone is 3. The summed E-state index contributed by atoms with van der Waals surface area (Å²) in [5, 5.41) is 29.6. The first-order valence-electron chi connectivity index (χ1n) is 11.0. The Labute approximate surface area is 180 Å². The molecule has 2 rings (SSSR count). The fourth-order valence-electron chi connectivity index (χ4n) is 4.65. The van der Waals surface area contributed by atoms with Crippen molar-refractivity contribution in [3.8, 4) is 0 Å². The summed E-state index contributed by atoms with van der Waals surface area (Å²) < 4.78 is 5.16. The Hall–Kier alpha value is -1.69. The molecule has 0 aromatic rings. The number of ether oxygens (including phenoxy) is 1. The Morgan fingerprint density at radius 3 is 2.77 bits per heavy atom. The second kappa shape index (κ2) is 11.6. The fourth-order valence-corrected chi connectivity index (χ4v) is 4.65. The first-order chi connectivity index (χ1) is 14.2. The summed E-state index contributed by atoms with van der Waals surface area (Å²) >= 11 is 0. The molecule has 0 bridgehead atoms. The third-order valence-corrected chi connectivity index (χ3v) is 6.24. The molecule has 30 heavy (non-hydrogen) atoms. The van der Waals surface area contributed by atoms with Crippen LogP contribution < -0.4 is 0 Å². The summed E-state index contributed by atoms with van der Waals surface area (Å²) in [5.41, 5.74) is 3.25. The Morgan fingerprint density at radius 1 is 1.37 bits per heavy atom. The highest BCUT2D eigenvalue weighted by atomic mass is 16.5. The van der Waals surface area contributed by atoms with E-state index in [9.17, 15) is 15.0 Å². The van der Waals surface area contributed by atoms with Gasteiger partial charge in [0.15, 0.2) is 0 Å². The first-order valence-corrected chi connectivity index (χ1v) is 11.0. The highest BCUT2D eigenvalue weighted by Gasteiger charge is 2.43. The van der Waals surface area contributed by atoms with Gasteiger partial charge in [0.25, 0.3) is 0 Å². The van der Waals surface area contributed by atoms with Gasteiger partial charge in [0.05, 0.1) is 18.8 Å². The molecular formula is C25H38O5. The van der Waals surface area contributed by atoms with E-state index in [1.807, 2.05) is 12.2 Å². The highest BCUT2D eigenvalue weighted by molar-refractivity contribution is 5.68. The summed E-state index contributed by atoms with van der Waals surface area (Å²) in [6.07, 6.45) is 11.7. The van der Waals surface area contributed by atoms with Crippen LogP contribution in [0, 0.1) is 23.7 Å².